The number of aromatic nitrogens is 2. The van der Waals surface area contributed by atoms with Crippen LogP contribution in [0.4, 0.5) is 8.78 Å². The number of halogens is 2. The molecule has 24 heavy (non-hydrogen) atoms. The van der Waals surface area contributed by atoms with E-state index < -0.39 is 17.6 Å². The first-order chi connectivity index (χ1) is 11.5. The summed E-state index contributed by atoms with van der Waals surface area (Å²) in [6, 6.07) is 3.35. The van der Waals surface area contributed by atoms with Gasteiger partial charge in [0.05, 0.1) is 9.95 Å². The smallest absolute Gasteiger partial charge is 0.265 e. The van der Waals surface area contributed by atoms with E-state index in [1.807, 2.05) is 0 Å². The number of carbonyl (C=O) groups excluding carboxylic acids is 1. The van der Waals surface area contributed by atoms with Crippen molar-refractivity contribution in [2.45, 2.75) is 6.92 Å². The van der Waals surface area contributed by atoms with Crippen molar-refractivity contribution in [2.75, 3.05) is 0 Å². The highest BCUT2D eigenvalue weighted by Gasteiger charge is 2.38. The number of nitrogens with zero attached hydrogens (tertiary/aromatic N) is 4. The van der Waals surface area contributed by atoms with Crippen molar-refractivity contribution in [2.24, 2.45) is 15.9 Å². The minimum absolute atomic E-state index is 0.129. The molecule has 0 fully saturated rings. The fourth-order valence-electron chi connectivity index (χ4n) is 2.45. The van der Waals surface area contributed by atoms with Crippen molar-refractivity contribution in [3.8, 4) is 11.4 Å². The molecule has 2 aromatic rings. The van der Waals surface area contributed by atoms with Crippen LogP contribution >= 0.6 is 11.8 Å². The second-order valence-electron chi connectivity index (χ2n) is 5.15. The number of thioether (sulfide) groups is 1. The monoisotopic (exact) mass is 346 g/mol. The lowest BCUT2D eigenvalue weighted by molar-refractivity contribution is -0.118. The largest absolute Gasteiger partial charge is 0.333 e. The number of benzene rings is 1. The van der Waals surface area contributed by atoms with Gasteiger partial charge in [0.1, 0.15) is 12.3 Å². The van der Waals surface area contributed by atoms with Gasteiger partial charge in [0.25, 0.3) is 11.8 Å². The van der Waals surface area contributed by atoms with Crippen LogP contribution in [0.5, 0.6) is 0 Å². The first kappa shape index (κ1) is 14.9. The average molecular weight is 346 g/mol. The summed E-state index contributed by atoms with van der Waals surface area (Å²) in [4.78, 5) is 24.5. The zero-order chi connectivity index (χ0) is 16.8. The molecule has 0 saturated heterocycles. The minimum atomic E-state index is -0.993. The molecular formula is C15H8F2N4O2S. The van der Waals surface area contributed by atoms with Gasteiger partial charge in [-0.1, -0.05) is 16.9 Å². The van der Waals surface area contributed by atoms with Gasteiger partial charge in [-0.15, -0.1) is 0 Å². The summed E-state index contributed by atoms with van der Waals surface area (Å²) >= 11 is 1.26. The number of fused-ring (bicyclic) bond motifs is 1. The van der Waals surface area contributed by atoms with Crippen molar-refractivity contribution in [3.05, 3.63) is 41.3 Å². The van der Waals surface area contributed by atoms with Crippen LogP contribution in [0.1, 0.15) is 12.8 Å². The summed E-state index contributed by atoms with van der Waals surface area (Å²) in [7, 11) is 0. The summed E-state index contributed by atoms with van der Waals surface area (Å²) in [5.74, 6) is -2.43. The first-order valence-electron chi connectivity index (χ1n) is 6.87. The summed E-state index contributed by atoms with van der Waals surface area (Å²) in [5, 5.41) is 4.40. The number of carbonyl (C=O) groups is 1. The van der Waals surface area contributed by atoms with Gasteiger partial charge in [0.2, 0.25) is 5.82 Å². The fourth-order valence-corrected chi connectivity index (χ4v) is 3.60. The maximum atomic E-state index is 13.3. The lowest BCUT2D eigenvalue weighted by atomic mass is 10.0. The van der Waals surface area contributed by atoms with E-state index in [4.69, 9.17) is 4.52 Å². The molecular weight excluding hydrogens is 338 g/mol. The highest BCUT2D eigenvalue weighted by molar-refractivity contribution is 8.22. The van der Waals surface area contributed by atoms with Gasteiger partial charge in [0.15, 0.2) is 11.6 Å². The van der Waals surface area contributed by atoms with Crippen molar-refractivity contribution in [1.29, 1.82) is 0 Å². The molecule has 0 saturated carbocycles. The number of hydrogen-bond donors (Lipinski definition) is 0. The predicted molar refractivity (Wildman–Crippen MR) is 84.3 cm³/mol. The molecule has 2 aliphatic rings. The van der Waals surface area contributed by atoms with Crippen LogP contribution in [0.25, 0.3) is 16.3 Å². The number of amides is 1. The van der Waals surface area contributed by atoms with E-state index >= 15 is 0 Å². The zero-order valence-electron chi connectivity index (χ0n) is 12.2. The summed E-state index contributed by atoms with van der Waals surface area (Å²) < 4.78 is 31.6. The van der Waals surface area contributed by atoms with E-state index in [1.165, 1.54) is 24.2 Å². The molecule has 0 spiro atoms. The second kappa shape index (κ2) is 5.45. The zero-order valence-corrected chi connectivity index (χ0v) is 13.0. The van der Waals surface area contributed by atoms with E-state index in [0.29, 0.717) is 15.5 Å². The van der Waals surface area contributed by atoms with E-state index in [0.717, 1.165) is 17.7 Å². The minimum Gasteiger partial charge on any atom is -0.333 e. The van der Waals surface area contributed by atoms with Crippen molar-refractivity contribution in [1.82, 2.24) is 10.1 Å². The first-order valence-corrected chi connectivity index (χ1v) is 7.68. The van der Waals surface area contributed by atoms with E-state index in [-0.39, 0.29) is 17.6 Å². The Bertz CT molecular complexity index is 964. The number of rotatable bonds is 2. The standard InChI is InChI=1S/C15H8F2N4O2S/c1-6-10-13(22)18-5-19-15(10)24-11(6)14-20-12(21-23-14)7-2-3-8(16)9(17)4-7/h2-5,10H,1H3. The lowest BCUT2D eigenvalue weighted by Crippen LogP contribution is -2.21. The van der Waals surface area contributed by atoms with E-state index in [1.54, 1.807) is 6.92 Å². The Kier molecular flexibility index (Phi) is 3.38. The van der Waals surface area contributed by atoms with Crippen LogP contribution in [-0.4, -0.2) is 27.4 Å². The van der Waals surface area contributed by atoms with Gasteiger partial charge in [0, 0.05) is 5.56 Å². The van der Waals surface area contributed by atoms with E-state index in [2.05, 4.69) is 20.1 Å². The molecule has 9 heteroatoms. The Balaban J connectivity index is 1.71. The van der Waals surface area contributed by atoms with Crippen LogP contribution in [-0.2, 0) is 4.79 Å². The summed E-state index contributed by atoms with van der Waals surface area (Å²) in [5.41, 5.74) is 1.01. The lowest BCUT2D eigenvalue weighted by Gasteiger charge is -2.09. The molecule has 6 nitrogen and oxygen atoms in total. The Hall–Kier alpha value is -2.68. The normalized spacial score (nSPS) is 19.7. The molecule has 0 bridgehead atoms. The Morgan fingerprint density at radius 3 is 2.83 bits per heavy atom. The molecule has 1 unspecified atom stereocenters. The highest BCUT2D eigenvalue weighted by Crippen LogP contribution is 2.45. The molecule has 0 N–H and O–H groups in total. The molecule has 0 radical (unpaired) electrons. The van der Waals surface area contributed by atoms with Gasteiger partial charge in [-0.3, -0.25) is 4.79 Å². The Labute approximate surface area is 138 Å². The molecule has 120 valence electrons. The SMILES string of the molecule is CC1=C(c2nc(-c3ccc(F)c(F)c3)no2)SC2=NC=NC(=O)C21. The van der Waals surface area contributed by atoms with Gasteiger partial charge >= 0.3 is 0 Å². The predicted octanol–water partition coefficient (Wildman–Crippen LogP) is 3.08. The van der Waals surface area contributed by atoms with Crippen LogP contribution in [0.3, 0.4) is 0 Å². The number of hydrogen-bond acceptors (Lipinski definition) is 6. The fraction of sp³-hybridized carbons (Fsp3) is 0.133. The molecule has 1 atom stereocenters. The van der Waals surface area contributed by atoms with Gasteiger partial charge in [-0.2, -0.15) is 4.98 Å². The van der Waals surface area contributed by atoms with E-state index in [9.17, 15) is 13.6 Å². The summed E-state index contributed by atoms with van der Waals surface area (Å²) in [6.07, 6.45) is 1.22. The average Bonchev–Trinajstić information content (AvgIpc) is 3.16. The maximum absolute atomic E-state index is 13.3. The third-order valence-electron chi connectivity index (χ3n) is 3.66. The molecule has 1 amide bonds. The summed E-state index contributed by atoms with van der Waals surface area (Å²) in [6.45, 7) is 1.77. The highest BCUT2D eigenvalue weighted by atomic mass is 32.2. The van der Waals surface area contributed by atoms with Crippen molar-refractivity contribution < 1.29 is 18.1 Å². The quantitative estimate of drug-likeness (QED) is 0.835. The van der Waals surface area contributed by atoms with Gasteiger partial charge in [-0.05, 0) is 30.7 Å². The molecule has 3 heterocycles. The Morgan fingerprint density at radius 1 is 1.25 bits per heavy atom. The molecule has 2 aliphatic heterocycles. The van der Waals surface area contributed by atoms with Crippen LogP contribution in [0, 0.1) is 17.6 Å². The molecule has 1 aromatic carbocycles. The van der Waals surface area contributed by atoms with Crippen molar-refractivity contribution in [3.63, 3.8) is 0 Å². The molecule has 1 aromatic heterocycles. The number of aliphatic imine (C=N–C) groups is 2. The topological polar surface area (TPSA) is 80.7 Å². The van der Waals surface area contributed by atoms with Gasteiger partial charge in [-0.25, -0.2) is 18.8 Å². The second-order valence-corrected chi connectivity index (χ2v) is 6.18. The maximum Gasteiger partial charge on any atom is 0.265 e. The van der Waals surface area contributed by atoms with Crippen LogP contribution < -0.4 is 0 Å². The van der Waals surface area contributed by atoms with Crippen LogP contribution in [0.15, 0.2) is 38.3 Å². The third kappa shape index (κ3) is 2.28. The van der Waals surface area contributed by atoms with Crippen LogP contribution in [0.2, 0.25) is 0 Å². The molecule has 0 aliphatic carbocycles. The molecule has 4 rings (SSSR count). The Morgan fingerprint density at radius 2 is 2.08 bits per heavy atom. The van der Waals surface area contributed by atoms with Crippen molar-refractivity contribution >= 4 is 34.0 Å². The third-order valence-corrected chi connectivity index (χ3v) is 4.91. The van der Waals surface area contributed by atoms with Gasteiger partial charge < -0.3 is 4.52 Å².